The number of nitrogens with zero attached hydrogens (tertiary/aromatic N) is 7. The lowest BCUT2D eigenvalue weighted by molar-refractivity contribution is -0.126. The van der Waals surface area contributed by atoms with Crippen LogP contribution in [0, 0.1) is 11.8 Å². The second-order valence-corrected chi connectivity index (χ2v) is 11.4. The summed E-state index contributed by atoms with van der Waals surface area (Å²) in [6.07, 6.45) is 5.44. The highest BCUT2D eigenvalue weighted by Gasteiger charge is 2.40. The Morgan fingerprint density at radius 3 is 2.74 bits per heavy atom. The van der Waals surface area contributed by atoms with Crippen molar-refractivity contribution in [1.29, 1.82) is 0 Å². The molecule has 14 heteroatoms. The van der Waals surface area contributed by atoms with E-state index >= 15 is 0 Å². The van der Waals surface area contributed by atoms with Crippen LogP contribution in [0.3, 0.4) is 0 Å². The SMILES string of the molecule is CCn1nccc1C(=O)NC(c1cn2nc(CC3CCCNC3=O)c(N3CCOCC3)nc2n1)C1CCC(F)(F)CC1. The van der Waals surface area contributed by atoms with E-state index in [-0.39, 0.29) is 49.3 Å². The summed E-state index contributed by atoms with van der Waals surface area (Å²) in [6.45, 7) is 5.50. The van der Waals surface area contributed by atoms with E-state index in [4.69, 9.17) is 19.8 Å². The fourth-order valence-electron chi connectivity index (χ4n) is 6.26. The number of fused-ring (bicyclic) bond motifs is 1. The first-order chi connectivity index (χ1) is 20.3. The number of aromatic nitrogens is 6. The number of halogens is 2. The van der Waals surface area contributed by atoms with E-state index in [1.165, 1.54) is 0 Å². The number of imidazole rings is 1. The predicted molar refractivity (Wildman–Crippen MR) is 148 cm³/mol. The second-order valence-electron chi connectivity index (χ2n) is 11.4. The highest BCUT2D eigenvalue weighted by atomic mass is 19.3. The lowest BCUT2D eigenvalue weighted by Crippen LogP contribution is -2.40. The van der Waals surface area contributed by atoms with Gasteiger partial charge >= 0.3 is 0 Å². The third kappa shape index (κ3) is 5.94. The number of aryl methyl sites for hydroxylation is 1. The Balaban J connectivity index is 1.36. The van der Waals surface area contributed by atoms with Gasteiger partial charge in [0.15, 0.2) is 5.82 Å². The maximum atomic E-state index is 14.1. The fourth-order valence-corrected chi connectivity index (χ4v) is 6.26. The van der Waals surface area contributed by atoms with E-state index in [9.17, 15) is 18.4 Å². The molecule has 6 rings (SSSR count). The zero-order valence-corrected chi connectivity index (χ0v) is 23.8. The fraction of sp³-hybridized carbons (Fsp3) is 0.643. The number of anilines is 1. The highest BCUT2D eigenvalue weighted by Crippen LogP contribution is 2.41. The van der Waals surface area contributed by atoms with Gasteiger partial charge in [-0.3, -0.25) is 14.3 Å². The van der Waals surface area contributed by atoms with Crippen LogP contribution in [0.4, 0.5) is 14.6 Å². The average Bonchev–Trinajstić information content (AvgIpc) is 3.64. The standard InChI is InChI=1S/C28H37F2N9O3/c1-2-38-22(7-11-32-38)26(41)34-23(18-5-8-28(29,30)9-6-18)21-17-39-27(33-21)35-24(37-12-14-42-15-13-37)20(36-39)16-19-4-3-10-31-25(19)40/h7,11,17-19,23H,2-6,8-10,12-16H2,1H3,(H,31,40)(H,34,41). The Hall–Kier alpha value is -3.68. The molecule has 2 N–H and O–H groups in total. The highest BCUT2D eigenvalue weighted by molar-refractivity contribution is 5.92. The molecular formula is C28H37F2N9O3. The summed E-state index contributed by atoms with van der Waals surface area (Å²) in [6, 6.07) is 1.02. The molecule has 2 aliphatic heterocycles. The molecule has 0 aromatic carbocycles. The second kappa shape index (κ2) is 11.9. The molecule has 42 heavy (non-hydrogen) atoms. The average molecular weight is 586 g/mol. The van der Waals surface area contributed by atoms with E-state index in [2.05, 4.69) is 20.6 Å². The van der Waals surface area contributed by atoms with Crippen molar-refractivity contribution in [2.45, 2.75) is 70.4 Å². The Kier molecular flexibility index (Phi) is 8.06. The smallest absolute Gasteiger partial charge is 0.270 e. The van der Waals surface area contributed by atoms with Crippen LogP contribution in [-0.4, -0.2) is 79.9 Å². The van der Waals surface area contributed by atoms with E-state index in [0.717, 1.165) is 12.8 Å². The number of rotatable bonds is 8. The van der Waals surface area contributed by atoms with E-state index < -0.39 is 12.0 Å². The minimum atomic E-state index is -2.71. The van der Waals surface area contributed by atoms with Gasteiger partial charge in [-0.15, -0.1) is 0 Å². The third-order valence-electron chi connectivity index (χ3n) is 8.62. The molecule has 1 saturated carbocycles. The molecule has 2 atom stereocenters. The van der Waals surface area contributed by atoms with Crippen molar-refractivity contribution < 1.29 is 23.1 Å². The first-order valence-electron chi connectivity index (χ1n) is 14.9. The predicted octanol–water partition coefficient (Wildman–Crippen LogP) is 2.54. The molecule has 5 heterocycles. The largest absolute Gasteiger partial charge is 0.378 e. The van der Waals surface area contributed by atoms with Crippen molar-refractivity contribution in [3.63, 3.8) is 0 Å². The van der Waals surface area contributed by atoms with Crippen LogP contribution in [0.5, 0.6) is 0 Å². The molecule has 3 fully saturated rings. The summed E-state index contributed by atoms with van der Waals surface area (Å²) in [5, 5.41) is 15.1. The van der Waals surface area contributed by atoms with E-state index in [1.54, 1.807) is 27.7 Å². The van der Waals surface area contributed by atoms with Gasteiger partial charge in [-0.1, -0.05) is 0 Å². The molecule has 0 radical (unpaired) electrons. The van der Waals surface area contributed by atoms with Gasteiger partial charge in [-0.05, 0) is 44.6 Å². The first kappa shape index (κ1) is 28.4. The Bertz CT molecular complexity index is 1430. The zero-order valence-electron chi connectivity index (χ0n) is 23.8. The number of morpholine rings is 1. The first-order valence-corrected chi connectivity index (χ1v) is 14.9. The summed E-state index contributed by atoms with van der Waals surface area (Å²) in [5.74, 6) is -2.44. The molecule has 3 aliphatic rings. The van der Waals surface area contributed by atoms with Gasteiger partial charge in [-0.2, -0.15) is 15.2 Å². The van der Waals surface area contributed by atoms with Crippen molar-refractivity contribution in [3.05, 3.63) is 35.5 Å². The van der Waals surface area contributed by atoms with Crippen molar-refractivity contribution in [3.8, 4) is 0 Å². The Morgan fingerprint density at radius 1 is 1.21 bits per heavy atom. The summed E-state index contributed by atoms with van der Waals surface area (Å²) >= 11 is 0. The number of carbonyl (C=O) groups is 2. The van der Waals surface area contributed by atoms with Crippen LogP contribution < -0.4 is 15.5 Å². The number of piperidine rings is 1. The maximum absolute atomic E-state index is 14.1. The van der Waals surface area contributed by atoms with E-state index in [0.29, 0.717) is 74.5 Å². The van der Waals surface area contributed by atoms with Crippen LogP contribution in [0.25, 0.3) is 5.78 Å². The normalized spacial score (nSPS) is 22.2. The number of amides is 2. The Labute approximate surface area is 242 Å². The molecule has 0 spiro atoms. The zero-order chi connectivity index (χ0) is 29.3. The topological polar surface area (TPSA) is 132 Å². The molecule has 2 unspecified atom stereocenters. The number of carbonyl (C=O) groups excluding carboxylic acids is 2. The van der Waals surface area contributed by atoms with Crippen molar-refractivity contribution in [1.82, 2.24) is 40.0 Å². The van der Waals surface area contributed by atoms with Crippen LogP contribution in [0.2, 0.25) is 0 Å². The van der Waals surface area contributed by atoms with Crippen LogP contribution >= 0.6 is 0 Å². The molecule has 0 bridgehead atoms. The van der Waals surface area contributed by atoms with Crippen molar-refractivity contribution in [2.75, 3.05) is 37.7 Å². The van der Waals surface area contributed by atoms with Crippen LogP contribution in [0.15, 0.2) is 18.5 Å². The molecule has 3 aromatic rings. The lowest BCUT2D eigenvalue weighted by Gasteiger charge is -2.33. The quantitative estimate of drug-likeness (QED) is 0.413. The molecule has 2 saturated heterocycles. The Morgan fingerprint density at radius 2 is 2.00 bits per heavy atom. The molecule has 2 amide bonds. The molecule has 12 nitrogen and oxygen atoms in total. The number of alkyl halides is 2. The third-order valence-corrected chi connectivity index (χ3v) is 8.62. The lowest BCUT2D eigenvalue weighted by atomic mass is 9.81. The van der Waals surface area contributed by atoms with Gasteiger partial charge < -0.3 is 20.3 Å². The molecular weight excluding hydrogens is 548 g/mol. The van der Waals surface area contributed by atoms with Gasteiger partial charge in [-0.25, -0.2) is 18.3 Å². The van der Waals surface area contributed by atoms with Crippen molar-refractivity contribution in [2.24, 2.45) is 11.8 Å². The minimum absolute atomic E-state index is 0.0191. The molecule has 3 aromatic heterocycles. The van der Waals surface area contributed by atoms with Crippen molar-refractivity contribution >= 4 is 23.4 Å². The monoisotopic (exact) mass is 585 g/mol. The molecule has 226 valence electrons. The summed E-state index contributed by atoms with van der Waals surface area (Å²) < 4.78 is 36.9. The number of nitrogens with one attached hydrogen (secondary N) is 2. The van der Waals surface area contributed by atoms with Gasteiger partial charge in [0, 0.05) is 57.6 Å². The number of hydrogen-bond acceptors (Lipinski definition) is 8. The number of hydrogen-bond donors (Lipinski definition) is 2. The van der Waals surface area contributed by atoms with Gasteiger partial charge in [0.1, 0.15) is 11.4 Å². The van der Waals surface area contributed by atoms with E-state index in [1.807, 2.05) is 6.92 Å². The summed E-state index contributed by atoms with van der Waals surface area (Å²) in [4.78, 5) is 37.8. The summed E-state index contributed by atoms with van der Waals surface area (Å²) in [5.41, 5.74) is 1.60. The van der Waals surface area contributed by atoms with Crippen LogP contribution in [-0.2, 0) is 22.5 Å². The minimum Gasteiger partial charge on any atom is -0.378 e. The summed E-state index contributed by atoms with van der Waals surface area (Å²) in [7, 11) is 0. The van der Waals surface area contributed by atoms with Gasteiger partial charge in [0.2, 0.25) is 11.8 Å². The molecule has 1 aliphatic carbocycles. The maximum Gasteiger partial charge on any atom is 0.270 e. The van der Waals surface area contributed by atoms with Crippen LogP contribution in [0.1, 0.15) is 73.4 Å². The van der Waals surface area contributed by atoms with Gasteiger partial charge in [0.25, 0.3) is 11.7 Å². The number of ether oxygens (including phenoxy) is 1. The van der Waals surface area contributed by atoms with Gasteiger partial charge in [0.05, 0.1) is 31.1 Å².